The van der Waals surface area contributed by atoms with E-state index in [0.717, 1.165) is 20.9 Å². The lowest BCUT2D eigenvalue weighted by atomic mass is 10.2. The van der Waals surface area contributed by atoms with Gasteiger partial charge in [0, 0.05) is 9.37 Å². The maximum Gasteiger partial charge on any atom is 0.230 e. The molecule has 6 heteroatoms. The van der Waals surface area contributed by atoms with Gasteiger partial charge in [0.2, 0.25) is 5.91 Å². The van der Waals surface area contributed by atoms with Crippen molar-refractivity contribution in [2.45, 2.75) is 11.0 Å². The van der Waals surface area contributed by atoms with Gasteiger partial charge in [0.1, 0.15) is 12.7 Å². The molecule has 1 unspecified atom stereocenters. The summed E-state index contributed by atoms with van der Waals surface area (Å²) in [7, 11) is 0. The van der Waals surface area contributed by atoms with Gasteiger partial charge in [0.15, 0.2) is 11.5 Å². The van der Waals surface area contributed by atoms with Crippen molar-refractivity contribution >= 4 is 33.6 Å². The summed E-state index contributed by atoms with van der Waals surface area (Å²) >= 11 is 4.90. The number of carbonyl (C=O) groups excluding carboxylic acids is 1. The summed E-state index contributed by atoms with van der Waals surface area (Å²) in [5.74, 6) is 1.84. The fourth-order valence-electron chi connectivity index (χ4n) is 2.12. The molecule has 0 fully saturated rings. The Morgan fingerprint density at radius 3 is 2.70 bits per heavy atom. The molecule has 0 bridgehead atoms. The first-order chi connectivity index (χ1) is 11.2. The van der Waals surface area contributed by atoms with E-state index >= 15 is 0 Å². The zero-order chi connectivity index (χ0) is 16.1. The van der Waals surface area contributed by atoms with Crippen LogP contribution >= 0.6 is 27.7 Å². The monoisotopic (exact) mass is 393 g/mol. The number of hydrogen-bond acceptors (Lipinski definition) is 4. The molecule has 0 radical (unpaired) electrons. The van der Waals surface area contributed by atoms with Crippen molar-refractivity contribution in [3.8, 4) is 11.5 Å². The number of amides is 1. The molecule has 1 amide bonds. The standard InChI is InChI=1S/C17H16BrNO3S/c18-12-5-7-14(8-6-12)23-11-17(20)19-9-13-10-21-15-3-1-2-4-16(15)22-13/h1-8,13H,9-11H2,(H,19,20). The number of fused-ring (bicyclic) bond motifs is 1. The topological polar surface area (TPSA) is 47.6 Å². The third-order valence-corrected chi connectivity index (χ3v) is 4.82. The van der Waals surface area contributed by atoms with Gasteiger partial charge in [-0.05, 0) is 36.4 Å². The third kappa shape index (κ3) is 4.65. The molecule has 0 aliphatic carbocycles. The second kappa shape index (κ2) is 7.75. The number of nitrogens with one attached hydrogen (secondary N) is 1. The van der Waals surface area contributed by atoms with E-state index in [-0.39, 0.29) is 12.0 Å². The van der Waals surface area contributed by atoms with Crippen molar-refractivity contribution in [3.05, 3.63) is 53.0 Å². The Morgan fingerprint density at radius 1 is 1.17 bits per heavy atom. The third-order valence-electron chi connectivity index (χ3n) is 3.28. The number of rotatable bonds is 5. The summed E-state index contributed by atoms with van der Waals surface area (Å²) in [6.45, 7) is 0.880. The van der Waals surface area contributed by atoms with E-state index in [1.54, 1.807) is 0 Å². The van der Waals surface area contributed by atoms with Gasteiger partial charge in [0.25, 0.3) is 0 Å². The summed E-state index contributed by atoms with van der Waals surface area (Å²) in [6.07, 6.45) is -0.161. The summed E-state index contributed by atoms with van der Waals surface area (Å²) in [5, 5.41) is 2.89. The van der Waals surface area contributed by atoms with Crippen LogP contribution in [-0.4, -0.2) is 30.9 Å². The highest BCUT2D eigenvalue weighted by Gasteiger charge is 2.20. The van der Waals surface area contributed by atoms with Gasteiger partial charge in [-0.15, -0.1) is 11.8 Å². The van der Waals surface area contributed by atoms with E-state index in [2.05, 4.69) is 21.2 Å². The number of thioether (sulfide) groups is 1. The van der Waals surface area contributed by atoms with Crippen LogP contribution in [0.25, 0.3) is 0 Å². The van der Waals surface area contributed by atoms with Gasteiger partial charge < -0.3 is 14.8 Å². The summed E-state index contributed by atoms with van der Waals surface area (Å²) in [4.78, 5) is 13.0. The quantitative estimate of drug-likeness (QED) is 0.789. The molecule has 4 nitrogen and oxygen atoms in total. The Bertz CT molecular complexity index is 678. The largest absolute Gasteiger partial charge is 0.486 e. The smallest absolute Gasteiger partial charge is 0.230 e. The molecular formula is C17H16BrNO3S. The minimum absolute atomic E-state index is 0.0135. The van der Waals surface area contributed by atoms with Crippen molar-refractivity contribution in [1.29, 1.82) is 0 Å². The second-order valence-corrected chi connectivity index (χ2v) is 7.01. The Hall–Kier alpha value is -1.66. The van der Waals surface area contributed by atoms with Gasteiger partial charge in [-0.2, -0.15) is 0 Å². The molecule has 2 aromatic rings. The summed E-state index contributed by atoms with van der Waals surface area (Å²) in [5.41, 5.74) is 0. The molecule has 0 saturated heterocycles. The van der Waals surface area contributed by atoms with Crippen LogP contribution in [-0.2, 0) is 4.79 Å². The van der Waals surface area contributed by atoms with Crippen LogP contribution in [0.5, 0.6) is 11.5 Å². The van der Waals surface area contributed by atoms with E-state index < -0.39 is 0 Å². The number of hydrogen-bond donors (Lipinski definition) is 1. The minimum atomic E-state index is -0.161. The van der Waals surface area contributed by atoms with Crippen LogP contribution in [0.15, 0.2) is 57.9 Å². The average molecular weight is 394 g/mol. The highest BCUT2D eigenvalue weighted by molar-refractivity contribution is 9.10. The predicted molar refractivity (Wildman–Crippen MR) is 94.2 cm³/mol. The van der Waals surface area contributed by atoms with Crippen molar-refractivity contribution < 1.29 is 14.3 Å². The molecular weight excluding hydrogens is 378 g/mol. The molecule has 2 aromatic carbocycles. The van der Waals surface area contributed by atoms with Gasteiger partial charge in [-0.3, -0.25) is 4.79 Å². The molecule has 1 N–H and O–H groups in total. The lowest BCUT2D eigenvalue weighted by molar-refractivity contribution is -0.119. The number of halogens is 1. The SMILES string of the molecule is O=C(CSc1ccc(Br)cc1)NCC1COc2ccccc2O1. The molecule has 120 valence electrons. The first-order valence-corrected chi connectivity index (χ1v) is 9.02. The average Bonchev–Trinajstić information content (AvgIpc) is 2.59. The molecule has 1 heterocycles. The number of ether oxygens (including phenoxy) is 2. The summed E-state index contributed by atoms with van der Waals surface area (Å²) < 4.78 is 12.5. The molecule has 0 saturated carbocycles. The van der Waals surface area contributed by atoms with Crippen molar-refractivity contribution in [3.63, 3.8) is 0 Å². The maximum absolute atomic E-state index is 11.9. The normalized spacial score (nSPS) is 16.0. The molecule has 1 aliphatic rings. The van der Waals surface area contributed by atoms with E-state index in [9.17, 15) is 4.79 Å². The highest BCUT2D eigenvalue weighted by Crippen LogP contribution is 2.30. The lowest BCUT2D eigenvalue weighted by Crippen LogP contribution is -2.41. The van der Waals surface area contributed by atoms with E-state index in [1.807, 2.05) is 48.5 Å². The van der Waals surface area contributed by atoms with Crippen LogP contribution in [0.3, 0.4) is 0 Å². The summed E-state index contributed by atoms with van der Waals surface area (Å²) in [6, 6.07) is 15.4. The van der Waals surface area contributed by atoms with E-state index in [0.29, 0.717) is 18.9 Å². The first kappa shape index (κ1) is 16.2. The van der Waals surface area contributed by atoms with Gasteiger partial charge in [-0.1, -0.05) is 28.1 Å². The van der Waals surface area contributed by atoms with Crippen LogP contribution in [0, 0.1) is 0 Å². The fraction of sp³-hybridized carbons (Fsp3) is 0.235. The Labute approximate surface area is 147 Å². The van der Waals surface area contributed by atoms with Crippen LogP contribution < -0.4 is 14.8 Å². The number of carbonyl (C=O) groups is 1. The van der Waals surface area contributed by atoms with Gasteiger partial charge >= 0.3 is 0 Å². The van der Waals surface area contributed by atoms with E-state index in [1.165, 1.54) is 11.8 Å². The molecule has 0 aromatic heterocycles. The van der Waals surface area contributed by atoms with Crippen molar-refractivity contribution in [1.82, 2.24) is 5.32 Å². The molecule has 0 spiro atoms. The lowest BCUT2D eigenvalue weighted by Gasteiger charge is -2.26. The number of para-hydroxylation sites is 2. The molecule has 1 aliphatic heterocycles. The van der Waals surface area contributed by atoms with Crippen LogP contribution in [0.1, 0.15) is 0 Å². The second-order valence-electron chi connectivity index (χ2n) is 5.04. The Balaban J connectivity index is 1.42. The van der Waals surface area contributed by atoms with Crippen LogP contribution in [0.4, 0.5) is 0 Å². The Kier molecular flexibility index (Phi) is 5.46. The Morgan fingerprint density at radius 2 is 1.91 bits per heavy atom. The first-order valence-electron chi connectivity index (χ1n) is 7.24. The zero-order valence-corrected chi connectivity index (χ0v) is 14.7. The highest BCUT2D eigenvalue weighted by atomic mass is 79.9. The van der Waals surface area contributed by atoms with Crippen LogP contribution in [0.2, 0.25) is 0 Å². The molecule has 23 heavy (non-hydrogen) atoms. The van der Waals surface area contributed by atoms with Gasteiger partial charge in [-0.25, -0.2) is 0 Å². The van der Waals surface area contributed by atoms with Crippen molar-refractivity contribution in [2.24, 2.45) is 0 Å². The van der Waals surface area contributed by atoms with Crippen molar-refractivity contribution in [2.75, 3.05) is 18.9 Å². The fourth-order valence-corrected chi connectivity index (χ4v) is 3.11. The minimum Gasteiger partial charge on any atom is -0.486 e. The maximum atomic E-state index is 11.9. The van der Waals surface area contributed by atoms with E-state index in [4.69, 9.17) is 9.47 Å². The zero-order valence-electron chi connectivity index (χ0n) is 12.3. The number of benzene rings is 2. The van der Waals surface area contributed by atoms with Gasteiger partial charge in [0.05, 0.1) is 12.3 Å². The molecule has 1 atom stereocenters. The predicted octanol–water partition coefficient (Wildman–Crippen LogP) is 3.50. The molecule has 3 rings (SSSR count).